The minimum atomic E-state index is 0.231. The number of halogens is 3. The Bertz CT molecular complexity index is 968. The predicted molar refractivity (Wildman–Crippen MR) is 129 cm³/mol. The maximum absolute atomic E-state index is 6.36. The number of nitrogens with one attached hydrogen (secondary N) is 1. The zero-order valence-electron chi connectivity index (χ0n) is 18.2. The third kappa shape index (κ3) is 4.34. The van der Waals surface area contributed by atoms with Gasteiger partial charge in [0.2, 0.25) is 0 Å². The first-order chi connectivity index (χ1) is 14.7. The van der Waals surface area contributed by atoms with Crippen LogP contribution in [-0.2, 0) is 13.2 Å². The van der Waals surface area contributed by atoms with E-state index in [-0.39, 0.29) is 5.54 Å². The average molecular weight is 479 g/mol. The molecule has 0 heterocycles. The van der Waals surface area contributed by atoms with Crippen molar-refractivity contribution < 1.29 is 4.74 Å². The first-order valence-corrected chi connectivity index (χ1v) is 12.4. The van der Waals surface area contributed by atoms with Crippen LogP contribution < -0.4 is 10.1 Å². The number of ether oxygens (including phenoxy) is 1. The highest BCUT2D eigenvalue weighted by Crippen LogP contribution is 2.66. The molecule has 4 saturated carbocycles. The number of benzene rings is 2. The minimum Gasteiger partial charge on any atom is -0.488 e. The second-order valence-electron chi connectivity index (χ2n) is 11.0. The normalized spacial score (nSPS) is 33.6. The van der Waals surface area contributed by atoms with Crippen LogP contribution in [0.1, 0.15) is 63.5 Å². The second kappa shape index (κ2) is 7.83. The summed E-state index contributed by atoms with van der Waals surface area (Å²) in [6.07, 6.45) is 8.02. The summed E-state index contributed by atoms with van der Waals surface area (Å²) in [7, 11) is 0. The Hall–Kier alpha value is -0.930. The molecule has 6 rings (SSSR count). The molecule has 5 heteroatoms. The topological polar surface area (TPSA) is 21.3 Å². The number of hydrogen-bond donors (Lipinski definition) is 1. The van der Waals surface area contributed by atoms with Gasteiger partial charge in [-0.05, 0) is 85.6 Å². The molecular weight excluding hydrogens is 449 g/mol. The summed E-state index contributed by atoms with van der Waals surface area (Å²) < 4.78 is 6.18. The van der Waals surface area contributed by atoms with Gasteiger partial charge < -0.3 is 10.1 Å². The van der Waals surface area contributed by atoms with Gasteiger partial charge in [0.05, 0.1) is 0 Å². The molecule has 4 aliphatic carbocycles. The quantitative estimate of drug-likeness (QED) is 0.453. The zero-order chi connectivity index (χ0) is 21.9. The highest BCUT2D eigenvalue weighted by molar-refractivity contribution is 6.36. The molecule has 4 aliphatic rings. The molecule has 0 spiro atoms. The molecule has 2 aromatic rings. The van der Waals surface area contributed by atoms with E-state index in [1.165, 1.54) is 38.5 Å². The Morgan fingerprint density at radius 2 is 1.61 bits per heavy atom. The van der Waals surface area contributed by atoms with E-state index >= 15 is 0 Å². The summed E-state index contributed by atoms with van der Waals surface area (Å²) in [5, 5.41) is 5.96. The molecule has 2 nitrogen and oxygen atoms in total. The maximum atomic E-state index is 6.36. The second-order valence-corrected chi connectivity index (χ2v) is 12.3. The highest BCUT2D eigenvalue weighted by atomic mass is 35.5. The van der Waals surface area contributed by atoms with Gasteiger partial charge in [0.25, 0.3) is 0 Å². The van der Waals surface area contributed by atoms with Gasteiger partial charge in [0.15, 0.2) is 0 Å². The van der Waals surface area contributed by atoms with E-state index in [2.05, 4.69) is 19.2 Å². The van der Waals surface area contributed by atoms with Gasteiger partial charge in [0, 0.05) is 38.3 Å². The van der Waals surface area contributed by atoms with Crippen molar-refractivity contribution in [1.82, 2.24) is 5.32 Å². The van der Waals surface area contributed by atoms with Crippen LogP contribution in [0.2, 0.25) is 15.1 Å². The maximum Gasteiger partial charge on any atom is 0.124 e. The van der Waals surface area contributed by atoms with E-state index in [0.717, 1.165) is 34.4 Å². The third-order valence-electron chi connectivity index (χ3n) is 7.74. The lowest BCUT2D eigenvalue weighted by molar-refractivity contribution is -0.118. The molecular formula is C26H30Cl3NO. The monoisotopic (exact) mass is 477 g/mol. The lowest BCUT2D eigenvalue weighted by atomic mass is 9.43. The summed E-state index contributed by atoms with van der Waals surface area (Å²) in [4.78, 5) is 0. The molecule has 31 heavy (non-hydrogen) atoms. The molecule has 0 aromatic heterocycles. The van der Waals surface area contributed by atoms with Crippen molar-refractivity contribution in [3.8, 4) is 5.75 Å². The first-order valence-electron chi connectivity index (χ1n) is 11.3. The average Bonchev–Trinajstić information content (AvgIpc) is 2.64. The van der Waals surface area contributed by atoms with E-state index in [1.807, 2.05) is 36.4 Å². The number of rotatable bonds is 6. The van der Waals surface area contributed by atoms with Gasteiger partial charge in [-0.15, -0.1) is 0 Å². The summed E-state index contributed by atoms with van der Waals surface area (Å²) in [5.74, 6) is 1.69. The lowest BCUT2D eigenvalue weighted by Gasteiger charge is -2.65. The largest absolute Gasteiger partial charge is 0.488 e. The third-order valence-corrected chi connectivity index (χ3v) is 8.68. The Labute approximate surface area is 200 Å². The molecule has 0 saturated heterocycles. The van der Waals surface area contributed by atoms with E-state index in [0.29, 0.717) is 27.5 Å². The Morgan fingerprint density at radius 3 is 2.26 bits per heavy atom. The Balaban J connectivity index is 1.34. The van der Waals surface area contributed by atoms with Crippen molar-refractivity contribution in [1.29, 1.82) is 0 Å². The van der Waals surface area contributed by atoms with Crippen molar-refractivity contribution in [2.45, 2.75) is 71.1 Å². The first kappa shape index (κ1) is 21.9. The van der Waals surface area contributed by atoms with Gasteiger partial charge in [-0.3, -0.25) is 0 Å². The smallest absolute Gasteiger partial charge is 0.124 e. The van der Waals surface area contributed by atoms with Gasteiger partial charge >= 0.3 is 0 Å². The molecule has 4 fully saturated rings. The van der Waals surface area contributed by atoms with Crippen molar-refractivity contribution in [2.75, 3.05) is 0 Å². The Morgan fingerprint density at radius 1 is 0.935 bits per heavy atom. The molecule has 0 amide bonds. The lowest BCUT2D eigenvalue weighted by Crippen LogP contribution is -2.63. The highest BCUT2D eigenvalue weighted by Gasteiger charge is 2.59. The standard InChI is InChI=1S/C26H30Cl3NO/c1-24-9-17-10-25(2,14-24)16-26(11-17,15-24)30-12-18-8-19(27)6-7-23(18)31-13-20-21(28)4-3-5-22(20)29/h3-8,17,30H,9-16H2,1-2H3/t17?,24-,25+,26?. The molecule has 0 aliphatic heterocycles. The van der Waals surface area contributed by atoms with Crippen molar-refractivity contribution in [2.24, 2.45) is 16.7 Å². The molecule has 166 valence electrons. The van der Waals surface area contributed by atoms with Crippen LogP contribution in [0.4, 0.5) is 0 Å². The molecule has 0 radical (unpaired) electrons. The molecule has 4 atom stereocenters. The van der Waals surface area contributed by atoms with Gasteiger partial charge in [0.1, 0.15) is 12.4 Å². The van der Waals surface area contributed by atoms with Crippen LogP contribution in [0.3, 0.4) is 0 Å². The Kier molecular flexibility index (Phi) is 5.53. The van der Waals surface area contributed by atoms with Crippen LogP contribution in [0.15, 0.2) is 36.4 Å². The summed E-state index contributed by atoms with van der Waals surface area (Å²) >= 11 is 19.0. The fraction of sp³-hybridized carbons (Fsp3) is 0.538. The molecule has 2 aromatic carbocycles. The summed E-state index contributed by atoms with van der Waals surface area (Å²) in [6.45, 7) is 6.10. The van der Waals surface area contributed by atoms with Crippen LogP contribution >= 0.6 is 34.8 Å². The van der Waals surface area contributed by atoms with Crippen LogP contribution in [0, 0.1) is 16.7 Å². The molecule has 1 N–H and O–H groups in total. The SMILES string of the molecule is C[C@]12CC3CC(NCc4cc(Cl)ccc4OCc4c(Cl)cccc4Cl)(C1)C[C@@](C)(C3)C2. The van der Waals surface area contributed by atoms with Crippen molar-refractivity contribution in [3.05, 3.63) is 62.6 Å². The van der Waals surface area contributed by atoms with E-state index in [4.69, 9.17) is 39.5 Å². The van der Waals surface area contributed by atoms with E-state index < -0.39 is 0 Å². The molecule has 2 unspecified atom stereocenters. The van der Waals surface area contributed by atoms with Gasteiger partial charge in [-0.2, -0.15) is 0 Å². The fourth-order valence-corrected chi connectivity index (χ4v) is 8.28. The molecule has 4 bridgehead atoms. The van der Waals surface area contributed by atoms with Crippen molar-refractivity contribution in [3.63, 3.8) is 0 Å². The van der Waals surface area contributed by atoms with Crippen LogP contribution in [-0.4, -0.2) is 5.54 Å². The minimum absolute atomic E-state index is 0.231. The van der Waals surface area contributed by atoms with Crippen LogP contribution in [0.5, 0.6) is 5.75 Å². The summed E-state index contributed by atoms with van der Waals surface area (Å²) in [5.41, 5.74) is 3.09. The van der Waals surface area contributed by atoms with Crippen molar-refractivity contribution >= 4 is 34.8 Å². The van der Waals surface area contributed by atoms with Gasteiger partial charge in [-0.25, -0.2) is 0 Å². The van der Waals surface area contributed by atoms with E-state index in [1.54, 1.807) is 0 Å². The summed E-state index contributed by atoms with van der Waals surface area (Å²) in [6, 6.07) is 11.4. The number of hydrogen-bond acceptors (Lipinski definition) is 2. The van der Waals surface area contributed by atoms with Crippen LogP contribution in [0.25, 0.3) is 0 Å². The predicted octanol–water partition coefficient (Wildman–Crippen LogP) is 8.06. The zero-order valence-corrected chi connectivity index (χ0v) is 20.5. The fourth-order valence-electron chi connectivity index (χ4n) is 7.57. The van der Waals surface area contributed by atoms with Gasteiger partial charge in [-0.1, -0.05) is 54.7 Å². The van der Waals surface area contributed by atoms with E-state index in [9.17, 15) is 0 Å².